The summed E-state index contributed by atoms with van der Waals surface area (Å²) in [5, 5.41) is 3.99. The van der Waals surface area contributed by atoms with E-state index in [0.29, 0.717) is 33.5 Å². The third-order valence-electron chi connectivity index (χ3n) is 6.73. The molecule has 0 bridgehead atoms. The van der Waals surface area contributed by atoms with Gasteiger partial charge in [-0.1, -0.05) is 23.7 Å². The number of nitrogens with one attached hydrogen (secondary N) is 1. The van der Waals surface area contributed by atoms with Crippen molar-refractivity contribution in [2.24, 2.45) is 11.7 Å². The molecule has 1 aliphatic rings. The molecule has 37 heavy (non-hydrogen) atoms. The van der Waals surface area contributed by atoms with Gasteiger partial charge in [0.2, 0.25) is 17.6 Å². The quantitative estimate of drug-likeness (QED) is 0.367. The minimum absolute atomic E-state index is 0.0435. The fourth-order valence-corrected chi connectivity index (χ4v) is 4.98. The molecule has 1 amide bonds. The lowest BCUT2D eigenvalue weighted by molar-refractivity contribution is -0.122. The highest BCUT2D eigenvalue weighted by molar-refractivity contribution is 6.32. The van der Waals surface area contributed by atoms with Gasteiger partial charge in [0.15, 0.2) is 5.65 Å². The number of amides is 1. The summed E-state index contributed by atoms with van der Waals surface area (Å²) >= 11 is 6.38. The molecule has 11 heteroatoms. The van der Waals surface area contributed by atoms with Crippen LogP contribution in [0, 0.1) is 5.92 Å². The molecule has 3 aromatic heterocycles. The molecular formula is C26H23ClN8O2. The number of primary amides is 1. The van der Waals surface area contributed by atoms with Crippen molar-refractivity contribution in [3.63, 3.8) is 0 Å². The topological polar surface area (TPSA) is 123 Å². The smallest absolute Gasteiger partial charge is 0.270 e. The van der Waals surface area contributed by atoms with Crippen molar-refractivity contribution < 1.29 is 4.79 Å². The number of halogens is 1. The zero-order chi connectivity index (χ0) is 25.5. The van der Waals surface area contributed by atoms with E-state index in [4.69, 9.17) is 17.3 Å². The Bertz CT molecular complexity index is 1690. The van der Waals surface area contributed by atoms with Gasteiger partial charge in [0.1, 0.15) is 5.39 Å². The Morgan fingerprint density at radius 1 is 1.05 bits per heavy atom. The number of aromatic nitrogens is 5. The molecule has 4 heterocycles. The lowest BCUT2D eigenvalue weighted by Gasteiger charge is -2.32. The summed E-state index contributed by atoms with van der Waals surface area (Å²) < 4.78 is 3.21. The molecule has 3 N–H and O–H groups in total. The first kappa shape index (κ1) is 23.0. The van der Waals surface area contributed by atoms with Gasteiger partial charge in [0.25, 0.3) is 5.56 Å². The molecule has 5 aromatic rings. The minimum atomic E-state index is -0.308. The highest BCUT2D eigenvalue weighted by Gasteiger charge is 2.23. The third-order valence-corrected chi connectivity index (χ3v) is 7.05. The Kier molecular flexibility index (Phi) is 5.72. The largest absolute Gasteiger partial charge is 0.371 e. The highest BCUT2D eigenvalue weighted by atomic mass is 35.5. The van der Waals surface area contributed by atoms with Crippen molar-refractivity contribution in [3.05, 3.63) is 82.5 Å². The summed E-state index contributed by atoms with van der Waals surface area (Å²) in [5.74, 6) is 0.496. The van der Waals surface area contributed by atoms with E-state index in [1.807, 2.05) is 30.3 Å². The van der Waals surface area contributed by atoms with E-state index in [-0.39, 0.29) is 17.4 Å². The van der Waals surface area contributed by atoms with Crippen LogP contribution in [-0.2, 0) is 4.79 Å². The average Bonchev–Trinajstić information content (AvgIpc) is 3.40. The summed E-state index contributed by atoms with van der Waals surface area (Å²) in [6.45, 7) is 1.58. The number of carbonyl (C=O) groups excluding carboxylic acids is 1. The van der Waals surface area contributed by atoms with Gasteiger partial charge in [-0.25, -0.2) is 14.5 Å². The monoisotopic (exact) mass is 514 g/mol. The first-order chi connectivity index (χ1) is 18.0. The second-order valence-corrected chi connectivity index (χ2v) is 9.36. The fraction of sp³-hybridized carbons (Fsp3) is 0.192. The molecule has 1 fully saturated rings. The van der Waals surface area contributed by atoms with Crippen LogP contribution in [0.1, 0.15) is 12.8 Å². The Morgan fingerprint density at radius 2 is 1.81 bits per heavy atom. The molecule has 0 atom stereocenters. The first-order valence-corrected chi connectivity index (χ1v) is 12.3. The molecule has 2 aromatic carbocycles. The van der Waals surface area contributed by atoms with Crippen LogP contribution in [0.3, 0.4) is 0 Å². The van der Waals surface area contributed by atoms with Crippen LogP contribution in [0.4, 0.5) is 17.3 Å². The van der Waals surface area contributed by atoms with Crippen LogP contribution in [0.2, 0.25) is 5.02 Å². The van der Waals surface area contributed by atoms with Crippen LogP contribution in [-0.4, -0.2) is 42.9 Å². The van der Waals surface area contributed by atoms with Crippen LogP contribution >= 0.6 is 11.6 Å². The Morgan fingerprint density at radius 3 is 2.54 bits per heavy atom. The molecule has 6 rings (SSSR count). The zero-order valence-electron chi connectivity index (χ0n) is 19.7. The Hall–Kier alpha value is -4.44. The maximum atomic E-state index is 13.4. The standard InChI is InChI=1S/C26H23ClN8O2/c27-20-3-1-2-4-21(20)35-24(37)19-15-30-25(32-23(19)34-14-11-29-26(34)35)31-17-5-7-18(8-6-17)33-12-9-16(10-13-33)22(28)36/h1-8,11,14-16H,9-10,12-13H2,(H2,28,36)(H,30,31,32). The maximum absolute atomic E-state index is 13.4. The highest BCUT2D eigenvalue weighted by Crippen LogP contribution is 2.26. The number of carbonyl (C=O) groups is 1. The van der Waals surface area contributed by atoms with Gasteiger partial charge in [-0.3, -0.25) is 14.0 Å². The summed E-state index contributed by atoms with van der Waals surface area (Å²) in [6, 6.07) is 15.1. The van der Waals surface area contributed by atoms with Gasteiger partial charge in [-0.2, -0.15) is 4.98 Å². The van der Waals surface area contributed by atoms with Gasteiger partial charge < -0.3 is 16.0 Å². The van der Waals surface area contributed by atoms with E-state index >= 15 is 0 Å². The number of rotatable bonds is 5. The normalized spacial score (nSPS) is 14.4. The van der Waals surface area contributed by atoms with Crippen LogP contribution in [0.5, 0.6) is 0 Å². The van der Waals surface area contributed by atoms with Crippen LogP contribution < -0.4 is 21.5 Å². The van der Waals surface area contributed by atoms with Crippen LogP contribution in [0.25, 0.3) is 22.5 Å². The molecule has 186 valence electrons. The number of imidazole rings is 1. The van der Waals surface area contributed by atoms with E-state index < -0.39 is 0 Å². The van der Waals surface area contributed by atoms with Gasteiger partial charge in [0.05, 0.1) is 10.7 Å². The fourth-order valence-electron chi connectivity index (χ4n) is 4.76. The first-order valence-electron chi connectivity index (χ1n) is 11.9. The number of fused-ring (bicyclic) bond motifs is 3. The van der Waals surface area contributed by atoms with Crippen LogP contribution in [0.15, 0.2) is 71.9 Å². The molecule has 0 spiro atoms. The molecule has 0 radical (unpaired) electrons. The lowest BCUT2D eigenvalue weighted by Crippen LogP contribution is -2.38. The Balaban J connectivity index is 1.29. The van der Waals surface area contributed by atoms with E-state index in [1.165, 1.54) is 10.8 Å². The van der Waals surface area contributed by atoms with Crippen molar-refractivity contribution in [3.8, 4) is 5.69 Å². The van der Waals surface area contributed by atoms with Gasteiger partial charge >= 0.3 is 0 Å². The van der Waals surface area contributed by atoms with Crippen molar-refractivity contribution in [2.75, 3.05) is 23.3 Å². The van der Waals surface area contributed by atoms with Gasteiger partial charge in [0, 0.05) is 49.0 Å². The molecule has 0 saturated carbocycles. The van der Waals surface area contributed by atoms with Crippen molar-refractivity contribution in [1.82, 2.24) is 23.9 Å². The number of para-hydroxylation sites is 1. The molecule has 1 aliphatic heterocycles. The summed E-state index contributed by atoms with van der Waals surface area (Å²) in [4.78, 5) is 40.5. The molecule has 0 aliphatic carbocycles. The maximum Gasteiger partial charge on any atom is 0.270 e. The van der Waals surface area contributed by atoms with Crippen molar-refractivity contribution >= 4 is 51.6 Å². The number of hydrogen-bond donors (Lipinski definition) is 2. The van der Waals surface area contributed by atoms with Crippen molar-refractivity contribution in [2.45, 2.75) is 12.8 Å². The average molecular weight is 515 g/mol. The van der Waals surface area contributed by atoms with Gasteiger partial charge in [-0.15, -0.1) is 0 Å². The van der Waals surface area contributed by atoms with Gasteiger partial charge in [-0.05, 0) is 49.2 Å². The SMILES string of the molecule is NC(=O)C1CCN(c2ccc(Nc3ncc4c(=O)n(-c5ccccc5Cl)c5nccn5c4n3)cc2)CC1. The number of anilines is 3. The summed E-state index contributed by atoms with van der Waals surface area (Å²) in [6.07, 6.45) is 6.40. The number of hydrogen-bond acceptors (Lipinski definition) is 7. The summed E-state index contributed by atoms with van der Waals surface area (Å²) in [5.41, 5.74) is 7.99. The molecule has 10 nitrogen and oxygen atoms in total. The number of benzene rings is 2. The van der Waals surface area contributed by atoms with E-state index in [2.05, 4.69) is 25.2 Å². The van der Waals surface area contributed by atoms with E-state index in [1.54, 1.807) is 35.0 Å². The Labute approximate surface area is 216 Å². The predicted octanol–water partition coefficient (Wildman–Crippen LogP) is 3.53. The summed E-state index contributed by atoms with van der Waals surface area (Å²) in [7, 11) is 0. The van der Waals surface area contributed by atoms with Crippen molar-refractivity contribution in [1.29, 1.82) is 0 Å². The predicted molar refractivity (Wildman–Crippen MR) is 143 cm³/mol. The second-order valence-electron chi connectivity index (χ2n) is 8.96. The zero-order valence-corrected chi connectivity index (χ0v) is 20.5. The molecule has 1 saturated heterocycles. The number of piperidine rings is 1. The number of nitrogens with two attached hydrogens (primary N) is 1. The second kappa shape index (κ2) is 9.21. The van der Waals surface area contributed by atoms with E-state index in [9.17, 15) is 9.59 Å². The molecular weight excluding hydrogens is 492 g/mol. The lowest BCUT2D eigenvalue weighted by atomic mass is 9.96. The number of nitrogens with zero attached hydrogens (tertiary/aromatic N) is 6. The minimum Gasteiger partial charge on any atom is -0.371 e. The molecule has 0 unspecified atom stereocenters. The third kappa shape index (κ3) is 4.15. The van der Waals surface area contributed by atoms with E-state index in [0.717, 1.165) is 37.3 Å².